The van der Waals surface area contributed by atoms with Gasteiger partial charge in [0, 0.05) is 10.6 Å². The number of fused-ring (bicyclic) bond motifs is 1. The lowest BCUT2D eigenvalue weighted by Gasteiger charge is -2.35. The van der Waals surface area contributed by atoms with Gasteiger partial charge in [0.05, 0.1) is 16.6 Å². The Kier molecular flexibility index (Phi) is 3.48. The molecule has 0 aliphatic carbocycles. The van der Waals surface area contributed by atoms with Crippen LogP contribution in [0.3, 0.4) is 0 Å². The maximum absolute atomic E-state index is 12.9. The lowest BCUT2D eigenvalue weighted by molar-refractivity contribution is 0.583. The van der Waals surface area contributed by atoms with Crippen molar-refractivity contribution >= 4 is 27.5 Å². The van der Waals surface area contributed by atoms with Gasteiger partial charge in [0.1, 0.15) is 0 Å². The third kappa shape index (κ3) is 2.21. The van der Waals surface area contributed by atoms with Crippen LogP contribution in [0, 0.1) is 0 Å². The van der Waals surface area contributed by atoms with Crippen LogP contribution in [0.2, 0.25) is 0 Å². The highest BCUT2D eigenvalue weighted by molar-refractivity contribution is 8.00. The maximum Gasteiger partial charge on any atom is 0.264 e. The third-order valence-corrected chi connectivity index (χ3v) is 6.53. The van der Waals surface area contributed by atoms with Crippen LogP contribution in [0.25, 0.3) is 0 Å². The van der Waals surface area contributed by atoms with Gasteiger partial charge in [-0.25, -0.2) is 8.42 Å². The van der Waals surface area contributed by atoms with Crippen LogP contribution < -0.4 is 4.31 Å². The molecule has 0 fully saturated rings. The minimum atomic E-state index is -3.50. The Morgan fingerprint density at radius 3 is 2.45 bits per heavy atom. The summed E-state index contributed by atoms with van der Waals surface area (Å²) in [6, 6.07) is 16.2. The molecule has 0 saturated heterocycles. The molecule has 0 radical (unpaired) electrons. The van der Waals surface area contributed by atoms with Crippen LogP contribution in [-0.4, -0.2) is 20.2 Å². The number of nitrogens with zero attached hydrogens (tertiary/aromatic N) is 1. The van der Waals surface area contributed by atoms with Crippen molar-refractivity contribution in [2.75, 3.05) is 10.1 Å². The molecule has 1 aliphatic heterocycles. The van der Waals surface area contributed by atoms with Gasteiger partial charge in [-0.2, -0.15) is 0 Å². The first-order valence-corrected chi connectivity index (χ1v) is 8.84. The Labute approximate surface area is 123 Å². The average Bonchev–Trinajstić information content (AvgIpc) is 2.47. The minimum absolute atomic E-state index is 0.0555. The number of thioether (sulfide) groups is 1. The quantitative estimate of drug-likeness (QED) is 0.853. The van der Waals surface area contributed by atoms with Crippen LogP contribution in [-0.2, 0) is 10.0 Å². The molecule has 0 aromatic heterocycles. The molecule has 1 heterocycles. The van der Waals surface area contributed by atoms with Gasteiger partial charge in [-0.3, -0.25) is 4.31 Å². The van der Waals surface area contributed by atoms with E-state index in [1.807, 2.05) is 37.3 Å². The number of anilines is 1. The molecule has 0 N–H and O–H groups in total. The van der Waals surface area contributed by atoms with E-state index >= 15 is 0 Å². The molecule has 3 rings (SSSR count). The van der Waals surface area contributed by atoms with E-state index in [-0.39, 0.29) is 6.04 Å². The Bertz CT molecular complexity index is 714. The Morgan fingerprint density at radius 2 is 1.70 bits per heavy atom. The van der Waals surface area contributed by atoms with Crippen LogP contribution in [0.4, 0.5) is 5.69 Å². The van der Waals surface area contributed by atoms with Crippen LogP contribution in [0.5, 0.6) is 0 Å². The van der Waals surface area contributed by atoms with Gasteiger partial charge >= 0.3 is 0 Å². The van der Waals surface area contributed by atoms with Gasteiger partial charge in [-0.15, -0.1) is 11.8 Å². The van der Waals surface area contributed by atoms with Gasteiger partial charge in [0.2, 0.25) is 0 Å². The van der Waals surface area contributed by atoms with Gasteiger partial charge in [-0.05, 0) is 31.2 Å². The highest BCUT2D eigenvalue weighted by Gasteiger charge is 2.33. The van der Waals surface area contributed by atoms with Crippen molar-refractivity contribution < 1.29 is 8.42 Å². The smallest absolute Gasteiger partial charge is 0.262 e. The van der Waals surface area contributed by atoms with E-state index in [4.69, 9.17) is 0 Å². The molecular weight excluding hydrogens is 290 g/mol. The summed E-state index contributed by atoms with van der Waals surface area (Å²) < 4.78 is 27.3. The lowest BCUT2D eigenvalue weighted by Crippen LogP contribution is -2.42. The van der Waals surface area contributed by atoms with Gasteiger partial charge < -0.3 is 0 Å². The fourth-order valence-electron chi connectivity index (χ4n) is 2.35. The molecule has 3 nitrogen and oxygen atoms in total. The summed E-state index contributed by atoms with van der Waals surface area (Å²) in [4.78, 5) is 1.36. The summed E-state index contributed by atoms with van der Waals surface area (Å²) in [6.07, 6.45) is 0. The van der Waals surface area contributed by atoms with E-state index in [0.29, 0.717) is 4.90 Å². The first-order valence-electron chi connectivity index (χ1n) is 6.42. The van der Waals surface area contributed by atoms with Crippen LogP contribution in [0.1, 0.15) is 6.92 Å². The number of sulfonamides is 1. The van der Waals surface area contributed by atoms with Crippen molar-refractivity contribution in [3.63, 3.8) is 0 Å². The monoisotopic (exact) mass is 305 g/mol. The van der Waals surface area contributed by atoms with E-state index in [1.165, 1.54) is 0 Å². The Hall–Kier alpha value is -1.46. The zero-order chi connectivity index (χ0) is 14.2. The first-order chi connectivity index (χ1) is 9.60. The van der Waals surface area contributed by atoms with Crippen molar-refractivity contribution in [2.24, 2.45) is 0 Å². The zero-order valence-corrected chi connectivity index (χ0v) is 12.7. The number of para-hydroxylation sites is 1. The number of rotatable bonds is 2. The van der Waals surface area contributed by atoms with E-state index in [2.05, 4.69) is 0 Å². The molecule has 0 bridgehead atoms. The largest absolute Gasteiger partial charge is 0.264 e. The van der Waals surface area contributed by atoms with Crippen molar-refractivity contribution in [3.05, 3.63) is 54.6 Å². The Balaban J connectivity index is 2.14. The van der Waals surface area contributed by atoms with Crippen molar-refractivity contribution in [2.45, 2.75) is 22.8 Å². The first kappa shape index (κ1) is 13.5. The summed E-state index contributed by atoms with van der Waals surface area (Å²) in [5.74, 6) is 0.767. The van der Waals surface area contributed by atoms with Crippen LogP contribution >= 0.6 is 11.8 Å². The maximum atomic E-state index is 12.9. The molecule has 5 heteroatoms. The molecule has 0 saturated carbocycles. The highest BCUT2D eigenvalue weighted by atomic mass is 32.2. The molecular formula is C15H15NO2S2. The second kappa shape index (κ2) is 5.14. The summed E-state index contributed by atoms with van der Waals surface area (Å²) >= 11 is 1.71. The molecule has 2 aromatic rings. The standard InChI is InChI=1S/C15H15NO2S2/c1-12-11-19-15-10-6-5-9-14(15)16(12)20(17,18)13-7-3-2-4-8-13/h2-10,12H,11H2,1H3. The SMILES string of the molecule is CC1CSc2ccccc2N1S(=O)(=O)c1ccccc1. The van der Waals surface area contributed by atoms with Crippen LogP contribution in [0.15, 0.2) is 64.4 Å². The normalized spacial score (nSPS) is 18.6. The van der Waals surface area contributed by atoms with E-state index in [9.17, 15) is 8.42 Å². The second-order valence-corrected chi connectivity index (χ2v) is 7.62. The van der Waals surface area contributed by atoms with Crippen molar-refractivity contribution in [3.8, 4) is 0 Å². The van der Waals surface area contributed by atoms with Gasteiger partial charge in [0.15, 0.2) is 0 Å². The molecule has 20 heavy (non-hydrogen) atoms. The summed E-state index contributed by atoms with van der Waals surface area (Å²) in [6.45, 7) is 1.95. The fraction of sp³-hybridized carbons (Fsp3) is 0.200. The summed E-state index contributed by atoms with van der Waals surface area (Å²) in [5, 5.41) is 0. The zero-order valence-electron chi connectivity index (χ0n) is 11.1. The van der Waals surface area contributed by atoms with Gasteiger partial charge in [-0.1, -0.05) is 30.3 Å². The average molecular weight is 305 g/mol. The molecule has 0 spiro atoms. The molecule has 1 unspecified atom stereocenters. The predicted octanol–water partition coefficient (Wildman–Crippen LogP) is 3.38. The molecule has 0 amide bonds. The van der Waals surface area contributed by atoms with E-state index in [1.54, 1.807) is 40.3 Å². The van der Waals surface area contributed by atoms with E-state index < -0.39 is 10.0 Å². The number of hydrogen-bond acceptors (Lipinski definition) is 3. The molecule has 2 aromatic carbocycles. The third-order valence-electron chi connectivity index (χ3n) is 3.28. The molecule has 1 atom stereocenters. The Morgan fingerprint density at radius 1 is 1.05 bits per heavy atom. The molecule has 104 valence electrons. The summed E-state index contributed by atoms with van der Waals surface area (Å²) in [5.41, 5.74) is 0.778. The van der Waals surface area contributed by atoms with Gasteiger partial charge in [0.25, 0.3) is 10.0 Å². The summed E-state index contributed by atoms with van der Waals surface area (Å²) in [7, 11) is -3.50. The van der Waals surface area contributed by atoms with Crippen molar-refractivity contribution in [1.82, 2.24) is 0 Å². The molecule has 1 aliphatic rings. The predicted molar refractivity (Wildman–Crippen MR) is 82.7 cm³/mol. The minimum Gasteiger partial charge on any atom is -0.262 e. The lowest BCUT2D eigenvalue weighted by atomic mass is 10.3. The fourth-order valence-corrected chi connectivity index (χ4v) is 5.25. The second-order valence-electron chi connectivity index (χ2n) is 4.74. The van der Waals surface area contributed by atoms with E-state index in [0.717, 1.165) is 16.3 Å². The number of hydrogen-bond donors (Lipinski definition) is 0. The van der Waals surface area contributed by atoms with Crippen molar-refractivity contribution in [1.29, 1.82) is 0 Å². The highest BCUT2D eigenvalue weighted by Crippen LogP contribution is 2.40. The number of benzene rings is 2. The topological polar surface area (TPSA) is 37.4 Å².